The Kier molecular flexibility index (Phi) is 5.00. The number of aliphatic hydroxyl groups is 1. The fourth-order valence-electron chi connectivity index (χ4n) is 4.12. The van der Waals surface area contributed by atoms with Gasteiger partial charge in [0.2, 0.25) is 10.7 Å². The van der Waals surface area contributed by atoms with Crippen molar-refractivity contribution in [1.82, 2.24) is 0 Å². The van der Waals surface area contributed by atoms with Gasteiger partial charge in [-0.05, 0) is 13.0 Å². The molecule has 7 nitrogen and oxygen atoms in total. The van der Waals surface area contributed by atoms with Crippen LogP contribution in [0.1, 0.15) is 18.9 Å². The molecule has 0 aliphatic carbocycles. The third kappa shape index (κ3) is 2.73. The molecule has 1 aromatic heterocycles. The van der Waals surface area contributed by atoms with Gasteiger partial charge in [-0.15, -0.1) is 0 Å². The van der Waals surface area contributed by atoms with E-state index < -0.39 is 46.3 Å². The zero-order valence-corrected chi connectivity index (χ0v) is 17.4. The monoisotopic (exact) mass is 466 g/mol. The lowest BCUT2D eigenvalue weighted by atomic mass is 9.79. The molecular formula is C19H18F4O7S. The van der Waals surface area contributed by atoms with Crippen molar-refractivity contribution in [3.05, 3.63) is 17.9 Å². The molecule has 2 aliphatic heterocycles. The number of benzene rings is 1. The minimum absolute atomic E-state index is 0.0205. The van der Waals surface area contributed by atoms with Crippen molar-refractivity contribution in [3.8, 4) is 17.2 Å². The second-order valence-corrected chi connectivity index (χ2v) is 8.43. The minimum atomic E-state index is -4.74. The van der Waals surface area contributed by atoms with Gasteiger partial charge in [0.1, 0.15) is 16.6 Å². The predicted octanol–water partition coefficient (Wildman–Crippen LogP) is 3.70. The topological polar surface area (TPSA) is 87.4 Å². The largest absolute Gasteiger partial charge is 0.495 e. The molecule has 2 aromatic rings. The number of rotatable bonds is 6. The Morgan fingerprint density at radius 3 is 2.61 bits per heavy atom. The summed E-state index contributed by atoms with van der Waals surface area (Å²) in [7, 11) is 2.46. The van der Waals surface area contributed by atoms with Crippen molar-refractivity contribution in [2.75, 3.05) is 20.8 Å². The van der Waals surface area contributed by atoms with E-state index in [1.807, 2.05) is 0 Å². The number of hydrogen-bond acceptors (Lipinski definition) is 8. The molecule has 0 saturated carbocycles. The van der Waals surface area contributed by atoms with E-state index >= 15 is 0 Å². The first-order chi connectivity index (χ1) is 14.6. The molecule has 3 heterocycles. The zero-order valence-electron chi connectivity index (χ0n) is 16.5. The standard InChI is InChI=1S/C19H18F4O7S/c1-4-28-15(24)14-17(25)7-18(31-14,19(22,23)16(20)21)30-12-9(17)10(26-2)8-5-6-29-11(8)13(12)27-3/h5-6,14,16,25H,4,7H2,1-3H3/t14-,17-,18+/m1/s1. The van der Waals surface area contributed by atoms with Gasteiger partial charge in [0.05, 0.1) is 38.0 Å². The lowest BCUT2D eigenvalue weighted by Gasteiger charge is -2.42. The Balaban J connectivity index is 2.07. The van der Waals surface area contributed by atoms with Gasteiger partial charge in [0.25, 0.3) is 0 Å². The van der Waals surface area contributed by atoms with Gasteiger partial charge >= 0.3 is 18.3 Å². The maximum atomic E-state index is 14.8. The van der Waals surface area contributed by atoms with Crippen LogP contribution in [0.2, 0.25) is 0 Å². The number of carbonyl (C=O) groups is 1. The van der Waals surface area contributed by atoms with Gasteiger partial charge in [-0.25, -0.2) is 8.78 Å². The molecule has 1 N–H and O–H groups in total. The molecule has 4 rings (SSSR count). The van der Waals surface area contributed by atoms with Crippen LogP contribution in [0.4, 0.5) is 17.6 Å². The van der Waals surface area contributed by atoms with E-state index in [2.05, 4.69) is 0 Å². The summed E-state index contributed by atoms with van der Waals surface area (Å²) in [6, 6.07) is 1.48. The molecule has 1 saturated heterocycles. The summed E-state index contributed by atoms with van der Waals surface area (Å²) in [6.07, 6.45) is -3.88. The highest BCUT2D eigenvalue weighted by molar-refractivity contribution is 8.02. The first kappa shape index (κ1) is 21.9. The summed E-state index contributed by atoms with van der Waals surface area (Å²) in [6.45, 7) is 1.37. The van der Waals surface area contributed by atoms with Gasteiger partial charge in [-0.3, -0.25) is 4.79 Å². The molecule has 2 bridgehead atoms. The van der Waals surface area contributed by atoms with E-state index in [1.54, 1.807) is 0 Å². The van der Waals surface area contributed by atoms with Crippen molar-refractivity contribution >= 4 is 28.7 Å². The molecule has 3 atom stereocenters. The van der Waals surface area contributed by atoms with E-state index in [-0.39, 0.29) is 41.0 Å². The summed E-state index contributed by atoms with van der Waals surface area (Å²) in [4.78, 5) is 9.65. The van der Waals surface area contributed by atoms with E-state index in [0.29, 0.717) is 5.39 Å². The number of fused-ring (bicyclic) bond motifs is 5. The fourth-order valence-corrected chi connectivity index (χ4v) is 5.74. The number of methoxy groups -OCH3 is 2. The Morgan fingerprint density at radius 2 is 2.03 bits per heavy atom. The van der Waals surface area contributed by atoms with Gasteiger partial charge in [-0.1, -0.05) is 11.8 Å². The van der Waals surface area contributed by atoms with Gasteiger partial charge in [0.15, 0.2) is 11.3 Å². The zero-order chi connectivity index (χ0) is 22.8. The molecule has 2 aliphatic rings. The number of furan rings is 1. The van der Waals surface area contributed by atoms with Gasteiger partial charge in [-0.2, -0.15) is 8.78 Å². The molecule has 12 heteroatoms. The number of ether oxygens (including phenoxy) is 4. The van der Waals surface area contributed by atoms with Crippen LogP contribution in [-0.4, -0.2) is 54.4 Å². The summed E-state index contributed by atoms with van der Waals surface area (Å²) in [5, 5.41) is 10.2. The van der Waals surface area contributed by atoms with Crippen LogP contribution in [0, 0.1) is 0 Å². The van der Waals surface area contributed by atoms with E-state index in [0.717, 1.165) is 0 Å². The lowest BCUT2D eigenvalue weighted by Crippen LogP contribution is -2.56. The molecule has 1 fully saturated rings. The average Bonchev–Trinajstić information content (AvgIpc) is 3.28. The van der Waals surface area contributed by atoms with Gasteiger partial charge < -0.3 is 28.5 Å². The SMILES string of the molecule is CCOC(=O)[C@H]1S[C@]2(C(F)(F)C(F)F)C[C@@]1(O)c1c(c(OC)c3occc3c1OC)O2. The second kappa shape index (κ2) is 7.09. The first-order valence-electron chi connectivity index (χ1n) is 9.15. The maximum absolute atomic E-state index is 14.8. The molecule has 0 unspecified atom stereocenters. The van der Waals surface area contributed by atoms with E-state index in [1.165, 1.54) is 33.5 Å². The third-order valence-corrected chi connectivity index (χ3v) is 7.11. The number of alkyl halides is 4. The van der Waals surface area contributed by atoms with Gasteiger partial charge in [0, 0.05) is 6.42 Å². The predicted molar refractivity (Wildman–Crippen MR) is 100 cm³/mol. The molecule has 0 amide bonds. The van der Waals surface area contributed by atoms with Crippen LogP contribution in [0.25, 0.3) is 11.0 Å². The Bertz CT molecular complexity index is 1040. The number of carbonyl (C=O) groups excluding carboxylic acids is 1. The van der Waals surface area contributed by atoms with E-state index in [9.17, 15) is 27.5 Å². The molecule has 31 heavy (non-hydrogen) atoms. The van der Waals surface area contributed by atoms with Crippen molar-refractivity contribution < 1.29 is 50.8 Å². The maximum Gasteiger partial charge on any atom is 0.355 e. The van der Waals surface area contributed by atoms with Crippen LogP contribution in [0.15, 0.2) is 16.7 Å². The van der Waals surface area contributed by atoms with Crippen molar-refractivity contribution in [3.63, 3.8) is 0 Å². The highest BCUT2D eigenvalue weighted by Gasteiger charge is 2.76. The molecule has 170 valence electrons. The van der Waals surface area contributed by atoms with Crippen LogP contribution in [-0.2, 0) is 15.1 Å². The van der Waals surface area contributed by atoms with E-state index in [4.69, 9.17) is 23.4 Å². The Labute approximate surface area is 177 Å². The normalized spacial score (nSPS) is 27.2. The number of esters is 1. The first-order valence-corrected chi connectivity index (χ1v) is 10.0. The summed E-state index contributed by atoms with van der Waals surface area (Å²) < 4.78 is 83.0. The second-order valence-electron chi connectivity index (χ2n) is 7.06. The number of hydrogen-bond donors (Lipinski definition) is 1. The molecule has 0 spiro atoms. The Morgan fingerprint density at radius 1 is 1.35 bits per heavy atom. The molecular weight excluding hydrogens is 448 g/mol. The quantitative estimate of drug-likeness (QED) is 0.510. The third-order valence-electron chi connectivity index (χ3n) is 5.41. The summed E-state index contributed by atoms with van der Waals surface area (Å²) >= 11 is 0.0965. The highest BCUT2D eigenvalue weighted by atomic mass is 32.2. The van der Waals surface area contributed by atoms with Crippen molar-refractivity contribution in [1.29, 1.82) is 0 Å². The summed E-state index contributed by atoms with van der Waals surface area (Å²) in [5.41, 5.74) is -2.52. The van der Waals surface area contributed by atoms with Crippen LogP contribution >= 0.6 is 11.8 Å². The average molecular weight is 466 g/mol. The smallest absolute Gasteiger partial charge is 0.355 e. The fraction of sp³-hybridized carbons (Fsp3) is 0.526. The number of halogens is 4. The number of thioether (sulfide) groups is 1. The summed E-state index contributed by atoms with van der Waals surface area (Å²) in [5.74, 6) is -6.47. The molecule has 1 aromatic carbocycles. The van der Waals surface area contributed by atoms with Crippen LogP contribution in [0.5, 0.6) is 17.2 Å². The molecule has 0 radical (unpaired) electrons. The van der Waals surface area contributed by atoms with Crippen LogP contribution in [0.3, 0.4) is 0 Å². The lowest BCUT2D eigenvalue weighted by molar-refractivity contribution is -0.213. The van der Waals surface area contributed by atoms with Crippen molar-refractivity contribution in [2.24, 2.45) is 0 Å². The van der Waals surface area contributed by atoms with Crippen molar-refractivity contribution in [2.45, 2.75) is 41.5 Å². The Hall–Kier alpha value is -2.34. The van der Waals surface area contributed by atoms with Crippen LogP contribution < -0.4 is 14.2 Å². The minimum Gasteiger partial charge on any atom is -0.495 e. The highest BCUT2D eigenvalue weighted by Crippen LogP contribution is 2.69.